The minimum Gasteiger partial charge on any atom is -0.587 e. The van der Waals surface area contributed by atoms with Crippen LogP contribution in [-0.2, 0) is 18.4 Å². The molecule has 0 fully saturated rings. The molecule has 1 amide bonds. The van der Waals surface area contributed by atoms with Gasteiger partial charge in [-0.2, -0.15) is 4.99 Å². The van der Waals surface area contributed by atoms with E-state index < -0.39 is 34.4 Å². The van der Waals surface area contributed by atoms with Crippen LogP contribution in [0, 0.1) is 12.7 Å². The molecule has 0 bridgehead atoms. The minimum absolute atomic E-state index is 0.230. The standard InChI is InChI=1S/C19H16FN3O4S/c1-13-7-6-10-15(11-13)28(26)23-12-16(20)17(22(2)19(23)25)21-18(24)27-14-8-4-3-5-9-14/h3-12H,1-2H3. The van der Waals surface area contributed by atoms with Crippen LogP contribution in [0.5, 0.6) is 5.75 Å². The van der Waals surface area contributed by atoms with Crippen LogP contribution in [0.15, 0.2) is 75.5 Å². The third-order valence-electron chi connectivity index (χ3n) is 3.75. The largest absolute Gasteiger partial charge is 0.587 e. The second-order valence-electron chi connectivity index (χ2n) is 5.83. The van der Waals surface area contributed by atoms with Gasteiger partial charge in [0.15, 0.2) is 16.2 Å². The van der Waals surface area contributed by atoms with Crippen LogP contribution < -0.4 is 15.9 Å². The average Bonchev–Trinajstić information content (AvgIpc) is 2.68. The van der Waals surface area contributed by atoms with Gasteiger partial charge >= 0.3 is 11.8 Å². The molecule has 1 heterocycles. The van der Waals surface area contributed by atoms with E-state index in [0.717, 1.165) is 20.3 Å². The topological polar surface area (TPSA) is 88.6 Å². The van der Waals surface area contributed by atoms with E-state index in [1.807, 2.05) is 13.0 Å². The molecule has 0 aliphatic heterocycles. The molecule has 1 atom stereocenters. The number of amides is 1. The molecular formula is C19H16FN3O4S. The highest BCUT2D eigenvalue weighted by Crippen LogP contribution is 2.13. The van der Waals surface area contributed by atoms with Crippen LogP contribution in [-0.4, -0.2) is 19.2 Å². The first-order valence-electron chi connectivity index (χ1n) is 8.15. The number of hydrogen-bond acceptors (Lipinski definition) is 4. The predicted octanol–water partition coefficient (Wildman–Crippen LogP) is 2.30. The highest BCUT2D eigenvalue weighted by Gasteiger charge is 2.20. The average molecular weight is 401 g/mol. The molecule has 0 N–H and O–H groups in total. The number of aryl methyl sites for hydroxylation is 1. The Hall–Kier alpha value is -3.17. The Kier molecular flexibility index (Phi) is 5.76. The van der Waals surface area contributed by atoms with E-state index in [0.29, 0.717) is 4.90 Å². The molecule has 0 saturated carbocycles. The maximum absolute atomic E-state index is 14.5. The maximum atomic E-state index is 14.5. The van der Waals surface area contributed by atoms with Crippen molar-refractivity contribution in [3.05, 3.63) is 88.1 Å². The van der Waals surface area contributed by atoms with Crippen molar-refractivity contribution in [3.8, 4) is 5.75 Å². The predicted molar refractivity (Wildman–Crippen MR) is 101 cm³/mol. The van der Waals surface area contributed by atoms with E-state index >= 15 is 0 Å². The molecule has 0 aliphatic carbocycles. The van der Waals surface area contributed by atoms with E-state index in [1.54, 1.807) is 36.4 Å². The van der Waals surface area contributed by atoms with Crippen LogP contribution >= 0.6 is 0 Å². The fourth-order valence-corrected chi connectivity index (χ4v) is 3.56. The molecule has 0 spiro atoms. The van der Waals surface area contributed by atoms with Gasteiger partial charge in [-0.25, -0.2) is 14.0 Å². The lowest BCUT2D eigenvalue weighted by atomic mass is 10.2. The van der Waals surface area contributed by atoms with Crippen LogP contribution in [0.2, 0.25) is 0 Å². The van der Waals surface area contributed by atoms with Crippen molar-refractivity contribution >= 4 is 17.5 Å². The number of para-hydroxylation sites is 1. The van der Waals surface area contributed by atoms with Gasteiger partial charge in [-0.05, 0) is 36.8 Å². The van der Waals surface area contributed by atoms with Gasteiger partial charge in [0.25, 0.3) is 0 Å². The highest BCUT2D eigenvalue weighted by molar-refractivity contribution is 7.89. The first-order chi connectivity index (χ1) is 13.4. The van der Waals surface area contributed by atoms with Gasteiger partial charge in [-0.1, -0.05) is 30.3 Å². The second kappa shape index (κ2) is 8.24. The molecule has 0 saturated heterocycles. The van der Waals surface area contributed by atoms with Crippen molar-refractivity contribution in [1.29, 1.82) is 0 Å². The molecule has 1 aromatic heterocycles. The fraction of sp³-hybridized carbons (Fsp3) is 0.105. The number of carbonyl (C=O) groups excluding carboxylic acids is 1. The van der Waals surface area contributed by atoms with E-state index in [1.165, 1.54) is 19.2 Å². The molecule has 3 rings (SSSR count). The summed E-state index contributed by atoms with van der Waals surface area (Å²) in [6, 6.07) is 14.8. The van der Waals surface area contributed by atoms with Gasteiger partial charge in [0.05, 0.1) is 0 Å². The summed E-state index contributed by atoms with van der Waals surface area (Å²) in [5.74, 6) is -0.763. The van der Waals surface area contributed by atoms with Gasteiger partial charge in [-0.3, -0.25) is 4.57 Å². The van der Waals surface area contributed by atoms with Crippen LogP contribution in [0.25, 0.3) is 0 Å². The zero-order valence-electron chi connectivity index (χ0n) is 15.0. The van der Waals surface area contributed by atoms with Crippen molar-refractivity contribution in [3.63, 3.8) is 0 Å². The Labute approximate surface area is 162 Å². The fourth-order valence-electron chi connectivity index (χ4n) is 2.40. The van der Waals surface area contributed by atoms with Gasteiger partial charge in [-0.15, -0.1) is 3.97 Å². The molecule has 0 aliphatic rings. The SMILES string of the molecule is Cc1cccc([S+]([O-])n2cc(F)c(=NC(=O)Oc3ccccc3)n(C)c2=O)c1. The Morgan fingerprint density at radius 1 is 1.18 bits per heavy atom. The molecule has 2 aromatic carbocycles. The number of hydrogen-bond donors (Lipinski definition) is 0. The Morgan fingerprint density at radius 3 is 2.57 bits per heavy atom. The summed E-state index contributed by atoms with van der Waals surface area (Å²) in [6.07, 6.45) is -0.326. The zero-order valence-corrected chi connectivity index (χ0v) is 15.9. The molecule has 1 unspecified atom stereocenters. The van der Waals surface area contributed by atoms with Gasteiger partial charge in [0.1, 0.15) is 23.3 Å². The summed E-state index contributed by atoms with van der Waals surface area (Å²) < 4.78 is 33.7. The number of aromatic nitrogens is 2. The second-order valence-corrected chi connectivity index (χ2v) is 7.19. The quantitative estimate of drug-likeness (QED) is 0.630. The zero-order chi connectivity index (χ0) is 20.3. The van der Waals surface area contributed by atoms with Crippen molar-refractivity contribution in [2.24, 2.45) is 12.0 Å². The number of nitrogens with zero attached hydrogens (tertiary/aromatic N) is 3. The normalized spacial score (nSPS) is 12.6. The number of ether oxygens (including phenoxy) is 1. The molecule has 144 valence electrons. The summed E-state index contributed by atoms with van der Waals surface area (Å²) in [6.45, 7) is 1.81. The van der Waals surface area contributed by atoms with E-state index in [9.17, 15) is 18.5 Å². The highest BCUT2D eigenvalue weighted by atomic mass is 32.2. The summed E-state index contributed by atoms with van der Waals surface area (Å²) in [7, 11) is 1.23. The monoisotopic (exact) mass is 401 g/mol. The Morgan fingerprint density at radius 2 is 1.89 bits per heavy atom. The van der Waals surface area contributed by atoms with Crippen molar-refractivity contribution in [1.82, 2.24) is 8.54 Å². The maximum Gasteiger partial charge on any atom is 0.441 e. The lowest BCUT2D eigenvalue weighted by molar-refractivity contribution is 0.209. The lowest BCUT2D eigenvalue weighted by Gasteiger charge is -2.13. The summed E-state index contributed by atoms with van der Waals surface area (Å²) in [5.41, 5.74) is -0.477. The smallest absolute Gasteiger partial charge is 0.441 e. The first kappa shape index (κ1) is 19.6. The Bertz CT molecular complexity index is 1140. The summed E-state index contributed by atoms with van der Waals surface area (Å²) in [5, 5.41) is 0. The van der Waals surface area contributed by atoms with Crippen molar-refractivity contribution in [2.75, 3.05) is 0 Å². The third-order valence-corrected chi connectivity index (χ3v) is 5.03. The number of carbonyl (C=O) groups is 1. The molecule has 3 aromatic rings. The van der Waals surface area contributed by atoms with Crippen LogP contribution in [0.4, 0.5) is 9.18 Å². The molecule has 9 heteroatoms. The first-order valence-corrected chi connectivity index (χ1v) is 9.26. The molecule has 0 radical (unpaired) electrons. The van der Waals surface area contributed by atoms with Gasteiger partial charge in [0.2, 0.25) is 0 Å². The minimum atomic E-state index is -1.96. The summed E-state index contributed by atoms with van der Waals surface area (Å²) in [4.78, 5) is 28.3. The van der Waals surface area contributed by atoms with Crippen LogP contribution in [0.1, 0.15) is 5.56 Å². The van der Waals surface area contributed by atoms with E-state index in [2.05, 4.69) is 4.99 Å². The van der Waals surface area contributed by atoms with Crippen molar-refractivity contribution in [2.45, 2.75) is 11.8 Å². The van der Waals surface area contributed by atoms with Gasteiger partial charge in [0, 0.05) is 7.05 Å². The van der Waals surface area contributed by atoms with Crippen molar-refractivity contribution < 1.29 is 18.5 Å². The van der Waals surface area contributed by atoms with Gasteiger partial charge < -0.3 is 9.29 Å². The summed E-state index contributed by atoms with van der Waals surface area (Å²) >= 11 is -1.96. The third kappa shape index (κ3) is 4.21. The number of benzene rings is 2. The molecule has 7 nitrogen and oxygen atoms in total. The van der Waals surface area contributed by atoms with Crippen LogP contribution in [0.3, 0.4) is 0 Å². The lowest BCUT2D eigenvalue weighted by Crippen LogP contribution is -2.43. The number of halogens is 1. The molecule has 28 heavy (non-hydrogen) atoms. The van der Waals surface area contributed by atoms with E-state index in [-0.39, 0.29) is 5.75 Å². The molecular weight excluding hydrogens is 385 g/mol. The Balaban J connectivity index is 1.98. The van der Waals surface area contributed by atoms with E-state index in [4.69, 9.17) is 4.74 Å². The number of rotatable bonds is 3.